The summed E-state index contributed by atoms with van der Waals surface area (Å²) in [6.45, 7) is 10.7. The smallest absolute Gasteiger partial charge is 0.246 e. The maximum absolute atomic E-state index is 15.3. The molecule has 0 fully saturated rings. The first-order valence-corrected chi connectivity index (χ1v) is 12.5. The molecule has 4 rings (SSSR count). The van der Waals surface area contributed by atoms with Gasteiger partial charge in [-0.05, 0) is 49.1 Å². The molecule has 1 aliphatic rings. The van der Waals surface area contributed by atoms with E-state index < -0.39 is 5.67 Å². The molecule has 0 saturated heterocycles. The number of hydrogen-bond donors (Lipinski definition) is 0. The Morgan fingerprint density at radius 2 is 2.09 bits per heavy atom. The average Bonchev–Trinajstić information content (AvgIpc) is 3.39. The number of amides is 1. The summed E-state index contributed by atoms with van der Waals surface area (Å²) < 4.78 is 17.8. The molecule has 0 aliphatic carbocycles. The minimum absolute atomic E-state index is 0.0767. The number of carbonyl (C=O) groups is 1. The lowest BCUT2D eigenvalue weighted by molar-refractivity contribution is -0.127. The summed E-state index contributed by atoms with van der Waals surface area (Å²) in [6, 6.07) is 10.0. The molecule has 0 spiro atoms. The van der Waals surface area contributed by atoms with Crippen LogP contribution >= 0.6 is 22.9 Å². The minimum Gasteiger partial charge on any atom is -0.333 e. The van der Waals surface area contributed by atoms with Crippen molar-refractivity contribution < 1.29 is 9.18 Å². The van der Waals surface area contributed by atoms with Gasteiger partial charge in [-0.3, -0.25) is 9.48 Å². The van der Waals surface area contributed by atoms with E-state index in [2.05, 4.69) is 24.7 Å². The number of benzene rings is 1. The Bertz CT molecular complexity index is 1180. The highest BCUT2D eigenvalue weighted by molar-refractivity contribution is 7.16. The molecule has 174 valence electrons. The van der Waals surface area contributed by atoms with Gasteiger partial charge in [0.05, 0.1) is 10.9 Å². The summed E-state index contributed by atoms with van der Waals surface area (Å²) in [6.07, 6.45) is 5.33. The predicted molar refractivity (Wildman–Crippen MR) is 133 cm³/mol. The van der Waals surface area contributed by atoms with E-state index in [9.17, 15) is 4.79 Å². The van der Waals surface area contributed by atoms with Crippen molar-refractivity contribution in [2.45, 2.75) is 58.3 Å². The molecule has 1 unspecified atom stereocenters. The van der Waals surface area contributed by atoms with Crippen molar-refractivity contribution in [2.75, 3.05) is 6.54 Å². The molecule has 2 aromatic heterocycles. The fourth-order valence-electron chi connectivity index (χ4n) is 4.49. The van der Waals surface area contributed by atoms with Gasteiger partial charge in [-0.2, -0.15) is 5.10 Å². The van der Waals surface area contributed by atoms with Crippen LogP contribution in [0, 0.1) is 0 Å². The van der Waals surface area contributed by atoms with E-state index >= 15 is 4.39 Å². The molecular weight excluding hydrogens is 457 g/mol. The van der Waals surface area contributed by atoms with Crippen LogP contribution in [0.25, 0.3) is 11.1 Å². The maximum Gasteiger partial charge on any atom is 0.246 e. The van der Waals surface area contributed by atoms with Crippen molar-refractivity contribution in [3.8, 4) is 11.1 Å². The zero-order chi connectivity index (χ0) is 23.8. The second kappa shape index (κ2) is 9.43. The third-order valence-corrected chi connectivity index (χ3v) is 7.37. The van der Waals surface area contributed by atoms with Gasteiger partial charge in [-0.25, -0.2) is 4.39 Å². The van der Waals surface area contributed by atoms with Crippen molar-refractivity contribution in [1.29, 1.82) is 0 Å². The number of hydrogen-bond acceptors (Lipinski definition) is 3. The van der Waals surface area contributed by atoms with Crippen LogP contribution in [0.5, 0.6) is 0 Å². The summed E-state index contributed by atoms with van der Waals surface area (Å²) in [4.78, 5) is 15.4. The Morgan fingerprint density at radius 3 is 2.79 bits per heavy atom. The predicted octanol–water partition coefficient (Wildman–Crippen LogP) is 6.93. The van der Waals surface area contributed by atoms with Gasteiger partial charge in [0.2, 0.25) is 5.91 Å². The molecule has 0 saturated carbocycles. The zero-order valence-electron chi connectivity index (χ0n) is 19.3. The van der Waals surface area contributed by atoms with Crippen molar-refractivity contribution in [3.63, 3.8) is 0 Å². The Balaban J connectivity index is 1.86. The van der Waals surface area contributed by atoms with Crippen molar-refractivity contribution in [2.24, 2.45) is 0 Å². The lowest BCUT2D eigenvalue weighted by Gasteiger charge is -2.33. The van der Waals surface area contributed by atoms with E-state index in [0.29, 0.717) is 23.1 Å². The molecule has 3 aromatic rings. The quantitative estimate of drug-likeness (QED) is 0.340. The number of aromatic nitrogens is 2. The average molecular weight is 486 g/mol. The Morgan fingerprint density at radius 1 is 1.33 bits per heavy atom. The summed E-state index contributed by atoms with van der Waals surface area (Å²) >= 11 is 7.89. The SMILES string of the molecule is C=CC(=O)N1Cc2sc(Cl)cc2C(c2ccccc2-c2cn(CCCC)nc2C(C)(C)F)C1. The van der Waals surface area contributed by atoms with E-state index in [1.807, 2.05) is 35.1 Å². The molecule has 0 radical (unpaired) electrons. The molecule has 1 aliphatic heterocycles. The largest absolute Gasteiger partial charge is 0.333 e. The number of nitrogens with zero attached hydrogens (tertiary/aromatic N) is 3. The second-order valence-electron chi connectivity index (χ2n) is 8.97. The van der Waals surface area contributed by atoms with Crippen LogP contribution in [-0.2, 0) is 23.6 Å². The second-order valence-corrected chi connectivity index (χ2v) is 10.7. The van der Waals surface area contributed by atoms with E-state index in [4.69, 9.17) is 11.6 Å². The number of fused-ring (bicyclic) bond motifs is 1. The van der Waals surface area contributed by atoms with Crippen LogP contribution in [0.1, 0.15) is 61.2 Å². The third kappa shape index (κ3) is 4.78. The van der Waals surface area contributed by atoms with E-state index in [0.717, 1.165) is 46.5 Å². The number of alkyl halides is 1. The minimum atomic E-state index is -1.59. The molecule has 1 amide bonds. The van der Waals surface area contributed by atoms with Gasteiger partial charge in [0.15, 0.2) is 0 Å². The third-order valence-electron chi connectivity index (χ3n) is 6.10. The molecule has 0 bridgehead atoms. The monoisotopic (exact) mass is 485 g/mol. The molecule has 3 heterocycles. The number of thiophene rings is 1. The van der Waals surface area contributed by atoms with Crippen LogP contribution < -0.4 is 0 Å². The Labute approximate surface area is 203 Å². The highest BCUT2D eigenvalue weighted by Crippen LogP contribution is 2.44. The van der Waals surface area contributed by atoms with Gasteiger partial charge < -0.3 is 4.90 Å². The highest BCUT2D eigenvalue weighted by Gasteiger charge is 2.34. The molecular formula is C26H29ClFN3OS. The molecule has 33 heavy (non-hydrogen) atoms. The number of rotatable bonds is 7. The summed E-state index contributed by atoms with van der Waals surface area (Å²) in [5, 5.41) is 4.63. The van der Waals surface area contributed by atoms with Crippen molar-refractivity contribution in [1.82, 2.24) is 14.7 Å². The first-order chi connectivity index (χ1) is 15.7. The molecule has 1 aromatic carbocycles. The van der Waals surface area contributed by atoms with Crippen LogP contribution in [0.2, 0.25) is 4.34 Å². The molecule has 1 atom stereocenters. The van der Waals surface area contributed by atoms with Crippen LogP contribution in [-0.4, -0.2) is 27.1 Å². The van der Waals surface area contributed by atoms with Gasteiger partial charge in [-0.1, -0.05) is 55.8 Å². The maximum atomic E-state index is 15.3. The van der Waals surface area contributed by atoms with Gasteiger partial charge >= 0.3 is 0 Å². The Hall–Kier alpha value is -2.44. The Kier molecular flexibility index (Phi) is 6.78. The van der Waals surface area contributed by atoms with Crippen LogP contribution in [0.15, 0.2) is 49.2 Å². The zero-order valence-corrected chi connectivity index (χ0v) is 20.8. The van der Waals surface area contributed by atoms with Gasteiger partial charge in [-0.15, -0.1) is 11.3 Å². The first-order valence-electron chi connectivity index (χ1n) is 11.3. The van der Waals surface area contributed by atoms with Gasteiger partial charge in [0, 0.05) is 35.6 Å². The first kappa shape index (κ1) is 23.7. The highest BCUT2D eigenvalue weighted by atomic mass is 35.5. The number of carbonyl (C=O) groups excluding carboxylic acids is 1. The van der Waals surface area contributed by atoms with Crippen LogP contribution in [0.3, 0.4) is 0 Å². The van der Waals surface area contributed by atoms with E-state index in [1.165, 1.54) is 17.4 Å². The number of unbranched alkanes of at least 4 members (excludes halogenated alkanes) is 1. The lowest BCUT2D eigenvalue weighted by atomic mass is 9.83. The summed E-state index contributed by atoms with van der Waals surface area (Å²) in [5.74, 6) is -0.183. The van der Waals surface area contributed by atoms with Gasteiger partial charge in [0.1, 0.15) is 11.4 Å². The lowest BCUT2D eigenvalue weighted by Crippen LogP contribution is -2.37. The molecule has 0 N–H and O–H groups in total. The normalized spacial score (nSPS) is 16.0. The van der Waals surface area contributed by atoms with Gasteiger partial charge in [0.25, 0.3) is 0 Å². The standard InChI is InChI=1S/C26H29ClFN3OS/c1-5-7-12-31-15-21(25(29-31)26(3,4)28)18-11-9-8-10-17(18)20-14-30(24(32)6-2)16-22-19(20)13-23(27)33-22/h6,8-11,13,15,20H,2,5,7,12,14,16H2,1,3-4H3. The fourth-order valence-corrected chi connectivity index (χ4v) is 5.84. The van der Waals surface area contributed by atoms with Crippen LogP contribution in [0.4, 0.5) is 4.39 Å². The number of halogens is 2. The summed E-state index contributed by atoms with van der Waals surface area (Å²) in [7, 11) is 0. The topological polar surface area (TPSA) is 38.1 Å². The van der Waals surface area contributed by atoms with E-state index in [1.54, 1.807) is 18.7 Å². The fraction of sp³-hybridized carbons (Fsp3) is 0.385. The van der Waals surface area contributed by atoms with Crippen molar-refractivity contribution >= 4 is 28.8 Å². The number of aryl methyl sites for hydroxylation is 1. The summed E-state index contributed by atoms with van der Waals surface area (Å²) in [5.41, 5.74) is 2.75. The van der Waals surface area contributed by atoms with E-state index in [-0.39, 0.29) is 11.8 Å². The van der Waals surface area contributed by atoms with Crippen molar-refractivity contribution in [3.05, 3.63) is 75.2 Å². The molecule has 4 nitrogen and oxygen atoms in total. The molecule has 7 heteroatoms.